The van der Waals surface area contributed by atoms with Crippen LogP contribution >= 0.6 is 11.8 Å². The first-order chi connectivity index (χ1) is 16.6. The van der Waals surface area contributed by atoms with Gasteiger partial charge in [-0.15, -0.1) is 11.8 Å². The number of alkyl halides is 1. The van der Waals surface area contributed by atoms with Crippen molar-refractivity contribution in [3.8, 4) is 5.75 Å². The van der Waals surface area contributed by atoms with E-state index in [1.807, 2.05) is 18.2 Å². The van der Waals surface area contributed by atoms with Crippen molar-refractivity contribution >= 4 is 22.7 Å². The number of nitrogens with zero attached hydrogens (tertiary/aromatic N) is 4. The normalized spacial score (nSPS) is 20.8. The van der Waals surface area contributed by atoms with E-state index in [0.29, 0.717) is 28.9 Å². The smallest absolute Gasteiger partial charge is 0.126 e. The van der Waals surface area contributed by atoms with E-state index in [2.05, 4.69) is 26.8 Å². The highest BCUT2D eigenvalue weighted by atomic mass is 32.2. The standard InChI is InChI=1S/C26H33FN4O2S/c1-18(34-26-14-28-10-11-30-26)15-31-12-8-19(20(16-31)17-32)3-5-24(27)22-7-9-29-25-6-4-21(33-2)13-23(22)25/h4,6-7,9-11,13-14,18-20,24,32H,3,5,8,12,15-17H2,1-2H3/t18?,19-,20-,24?/m1/s1. The highest BCUT2D eigenvalue weighted by Gasteiger charge is 2.30. The lowest BCUT2D eigenvalue weighted by atomic mass is 9.81. The first-order valence-corrected chi connectivity index (χ1v) is 12.8. The number of pyridine rings is 1. The minimum Gasteiger partial charge on any atom is -0.497 e. The second kappa shape index (κ2) is 11.9. The summed E-state index contributed by atoms with van der Waals surface area (Å²) >= 11 is 1.72. The molecule has 0 aliphatic carbocycles. The number of aliphatic hydroxyl groups excluding tert-OH is 1. The lowest BCUT2D eigenvalue weighted by molar-refractivity contribution is 0.0646. The summed E-state index contributed by atoms with van der Waals surface area (Å²) in [6.45, 7) is 5.08. The van der Waals surface area contributed by atoms with Gasteiger partial charge in [0.25, 0.3) is 0 Å². The van der Waals surface area contributed by atoms with Gasteiger partial charge in [0.1, 0.15) is 16.9 Å². The summed E-state index contributed by atoms with van der Waals surface area (Å²) in [7, 11) is 1.61. The van der Waals surface area contributed by atoms with Crippen molar-refractivity contribution < 1.29 is 14.2 Å². The largest absolute Gasteiger partial charge is 0.497 e. The van der Waals surface area contributed by atoms with Crippen LogP contribution in [0, 0.1) is 11.8 Å². The van der Waals surface area contributed by atoms with Crippen LogP contribution < -0.4 is 4.74 Å². The van der Waals surface area contributed by atoms with Gasteiger partial charge in [-0.1, -0.05) is 6.92 Å². The van der Waals surface area contributed by atoms with Gasteiger partial charge in [-0.05, 0) is 67.5 Å². The van der Waals surface area contributed by atoms with Crippen LogP contribution in [-0.4, -0.2) is 63.6 Å². The maximum Gasteiger partial charge on any atom is 0.126 e. The molecule has 34 heavy (non-hydrogen) atoms. The molecule has 182 valence electrons. The number of fused-ring (bicyclic) bond motifs is 1. The van der Waals surface area contributed by atoms with Gasteiger partial charge >= 0.3 is 0 Å². The van der Waals surface area contributed by atoms with Crippen LogP contribution in [0.4, 0.5) is 4.39 Å². The first-order valence-electron chi connectivity index (χ1n) is 11.9. The van der Waals surface area contributed by atoms with E-state index < -0.39 is 6.17 Å². The summed E-state index contributed by atoms with van der Waals surface area (Å²) in [5.74, 6) is 1.20. The molecule has 1 aromatic carbocycles. The predicted octanol–water partition coefficient (Wildman–Crippen LogP) is 4.94. The van der Waals surface area contributed by atoms with Crippen molar-refractivity contribution in [3.63, 3.8) is 0 Å². The topological polar surface area (TPSA) is 71.4 Å². The summed E-state index contributed by atoms with van der Waals surface area (Å²) < 4.78 is 20.7. The zero-order chi connectivity index (χ0) is 23.9. The van der Waals surface area contributed by atoms with Gasteiger partial charge in [-0.2, -0.15) is 0 Å². The van der Waals surface area contributed by atoms with E-state index in [-0.39, 0.29) is 12.5 Å². The molecule has 0 bridgehead atoms. The molecule has 2 aromatic heterocycles. The summed E-state index contributed by atoms with van der Waals surface area (Å²) in [6.07, 6.45) is 7.97. The number of hydrogen-bond acceptors (Lipinski definition) is 7. The quantitative estimate of drug-likeness (QED) is 0.409. The Balaban J connectivity index is 1.32. The van der Waals surface area contributed by atoms with Gasteiger partial charge in [-0.3, -0.25) is 9.97 Å². The Bertz CT molecular complexity index is 1060. The molecule has 1 fully saturated rings. The average Bonchev–Trinajstić information content (AvgIpc) is 2.87. The van der Waals surface area contributed by atoms with Crippen LogP contribution in [0.25, 0.3) is 10.9 Å². The van der Waals surface area contributed by atoms with Gasteiger partial charge in [0.15, 0.2) is 0 Å². The van der Waals surface area contributed by atoms with Crippen molar-refractivity contribution in [2.75, 3.05) is 33.4 Å². The van der Waals surface area contributed by atoms with Gasteiger partial charge in [-0.25, -0.2) is 9.37 Å². The maximum absolute atomic E-state index is 15.4. The van der Waals surface area contributed by atoms with Crippen molar-refractivity contribution in [1.29, 1.82) is 0 Å². The monoisotopic (exact) mass is 484 g/mol. The molecule has 1 aliphatic rings. The van der Waals surface area contributed by atoms with Crippen LogP contribution in [0.3, 0.4) is 0 Å². The minimum atomic E-state index is -1.07. The van der Waals surface area contributed by atoms with Crippen LogP contribution in [0.2, 0.25) is 0 Å². The van der Waals surface area contributed by atoms with Crippen molar-refractivity contribution in [1.82, 2.24) is 19.9 Å². The van der Waals surface area contributed by atoms with Crippen LogP contribution in [0.1, 0.15) is 37.9 Å². The molecular formula is C26H33FN4O2S. The Labute approximate surface area is 205 Å². The molecule has 8 heteroatoms. The Morgan fingerprint density at radius 2 is 2.09 bits per heavy atom. The molecule has 1 aliphatic heterocycles. The zero-order valence-corrected chi connectivity index (χ0v) is 20.6. The molecule has 0 amide bonds. The number of halogens is 1. The molecule has 4 rings (SSSR count). The SMILES string of the molecule is COc1ccc2nccc(C(F)CC[C@@H]3CCN(CC(C)Sc4cnccn4)C[C@@H]3CO)c2c1. The van der Waals surface area contributed by atoms with Gasteiger partial charge < -0.3 is 14.7 Å². The first kappa shape index (κ1) is 24.8. The second-order valence-corrected chi connectivity index (χ2v) is 10.5. The average molecular weight is 485 g/mol. The van der Waals surface area contributed by atoms with Crippen molar-refractivity contribution in [3.05, 3.63) is 54.6 Å². The highest BCUT2D eigenvalue weighted by Crippen LogP contribution is 2.35. The van der Waals surface area contributed by atoms with E-state index >= 15 is 4.39 Å². The van der Waals surface area contributed by atoms with Crippen molar-refractivity contribution in [2.24, 2.45) is 11.8 Å². The Morgan fingerprint density at radius 1 is 1.21 bits per heavy atom. The number of rotatable bonds is 10. The van der Waals surface area contributed by atoms with E-state index in [1.54, 1.807) is 49.7 Å². The third-order valence-electron chi connectivity index (χ3n) is 6.70. The Hall–Kier alpha value is -2.29. The lowest BCUT2D eigenvalue weighted by Gasteiger charge is -2.39. The molecule has 0 radical (unpaired) electrons. The molecule has 6 nitrogen and oxygen atoms in total. The number of methoxy groups -OCH3 is 1. The Morgan fingerprint density at radius 3 is 2.85 bits per heavy atom. The molecule has 1 N–H and O–H groups in total. The number of ether oxygens (including phenoxy) is 1. The number of aliphatic hydroxyl groups is 1. The van der Waals surface area contributed by atoms with Crippen LogP contribution in [0.15, 0.2) is 54.1 Å². The number of piperidine rings is 1. The Kier molecular flexibility index (Phi) is 8.69. The fourth-order valence-electron chi connectivity index (χ4n) is 4.92. The molecule has 3 aromatic rings. The molecule has 1 saturated heterocycles. The number of likely N-dealkylation sites (tertiary alicyclic amines) is 1. The fraction of sp³-hybridized carbons (Fsp3) is 0.500. The molecule has 2 unspecified atom stereocenters. The van der Waals surface area contributed by atoms with Crippen molar-refractivity contribution in [2.45, 2.75) is 42.6 Å². The maximum atomic E-state index is 15.4. The fourth-order valence-corrected chi connectivity index (χ4v) is 5.87. The number of thioether (sulfide) groups is 1. The zero-order valence-electron chi connectivity index (χ0n) is 19.8. The van der Waals surface area contributed by atoms with Gasteiger partial charge in [0, 0.05) is 48.9 Å². The summed E-state index contributed by atoms with van der Waals surface area (Å²) in [6, 6.07) is 7.35. The van der Waals surface area contributed by atoms with Gasteiger partial charge in [0.05, 0.1) is 18.8 Å². The summed E-state index contributed by atoms with van der Waals surface area (Å²) in [5.41, 5.74) is 1.44. The van der Waals surface area contributed by atoms with Crippen LogP contribution in [-0.2, 0) is 0 Å². The lowest BCUT2D eigenvalue weighted by Crippen LogP contribution is -2.44. The minimum absolute atomic E-state index is 0.138. The molecule has 0 spiro atoms. The second-order valence-electron chi connectivity index (χ2n) is 9.05. The number of hydrogen-bond donors (Lipinski definition) is 1. The van der Waals surface area contributed by atoms with E-state index in [1.165, 1.54) is 0 Å². The van der Waals surface area contributed by atoms with Crippen LogP contribution in [0.5, 0.6) is 5.75 Å². The third kappa shape index (κ3) is 6.23. The van der Waals surface area contributed by atoms with E-state index in [4.69, 9.17) is 4.74 Å². The molecule has 3 heterocycles. The van der Waals surface area contributed by atoms with E-state index in [0.717, 1.165) is 48.4 Å². The third-order valence-corrected chi connectivity index (χ3v) is 7.70. The number of aromatic nitrogens is 3. The summed E-state index contributed by atoms with van der Waals surface area (Å²) in [5, 5.41) is 12.2. The van der Waals surface area contributed by atoms with Gasteiger partial charge in [0.2, 0.25) is 0 Å². The predicted molar refractivity (Wildman–Crippen MR) is 134 cm³/mol. The molecule has 4 atom stereocenters. The molecule has 0 saturated carbocycles. The molecular weight excluding hydrogens is 451 g/mol. The summed E-state index contributed by atoms with van der Waals surface area (Å²) in [4.78, 5) is 15.3. The number of benzene rings is 1. The highest BCUT2D eigenvalue weighted by molar-refractivity contribution is 7.99. The van der Waals surface area contributed by atoms with E-state index in [9.17, 15) is 5.11 Å².